The van der Waals surface area contributed by atoms with Gasteiger partial charge in [0, 0.05) is 29.3 Å². The van der Waals surface area contributed by atoms with Crippen LogP contribution in [0.15, 0.2) is 22.7 Å². The fraction of sp³-hybridized carbons (Fsp3) is 0.533. The first-order chi connectivity index (χ1) is 9.37. The maximum Gasteiger partial charge on any atom is 0.126 e. The predicted molar refractivity (Wildman–Crippen MR) is 88.7 cm³/mol. The third-order valence-corrected chi connectivity index (χ3v) is 5.10. The van der Waals surface area contributed by atoms with Crippen LogP contribution >= 0.6 is 15.9 Å². The highest BCUT2D eigenvalue weighted by Gasteiger charge is 2.40. The van der Waals surface area contributed by atoms with E-state index in [4.69, 9.17) is 11.1 Å². The van der Waals surface area contributed by atoms with Crippen molar-refractivity contribution in [3.05, 3.63) is 28.2 Å². The molecule has 0 aliphatic heterocycles. The van der Waals surface area contributed by atoms with Crippen LogP contribution in [0.25, 0.3) is 0 Å². The SMILES string of the molecule is CN(CC1(N(C)C)CCC1)c1cccc(Br)c1C(=N)N. The summed E-state index contributed by atoms with van der Waals surface area (Å²) in [4.78, 5) is 4.55. The van der Waals surface area contributed by atoms with Crippen molar-refractivity contribution in [2.24, 2.45) is 5.73 Å². The highest BCUT2D eigenvalue weighted by Crippen LogP contribution is 2.38. The molecule has 4 nitrogen and oxygen atoms in total. The topological polar surface area (TPSA) is 56.4 Å². The summed E-state index contributed by atoms with van der Waals surface area (Å²) in [6, 6.07) is 5.95. The minimum atomic E-state index is 0.104. The van der Waals surface area contributed by atoms with E-state index in [1.807, 2.05) is 18.2 Å². The molecule has 0 unspecified atom stereocenters. The normalized spacial score (nSPS) is 16.9. The lowest BCUT2D eigenvalue weighted by Crippen LogP contribution is -2.57. The van der Waals surface area contributed by atoms with Gasteiger partial charge in [-0.1, -0.05) is 6.07 Å². The van der Waals surface area contributed by atoms with Crippen LogP contribution in [-0.2, 0) is 0 Å². The van der Waals surface area contributed by atoms with E-state index in [1.54, 1.807) is 0 Å². The van der Waals surface area contributed by atoms with Gasteiger partial charge >= 0.3 is 0 Å². The second kappa shape index (κ2) is 5.74. The average molecular weight is 339 g/mol. The van der Waals surface area contributed by atoms with Crippen molar-refractivity contribution < 1.29 is 0 Å². The minimum absolute atomic E-state index is 0.104. The van der Waals surface area contributed by atoms with Gasteiger partial charge in [0.2, 0.25) is 0 Å². The van der Waals surface area contributed by atoms with E-state index >= 15 is 0 Å². The lowest BCUT2D eigenvalue weighted by atomic mass is 9.75. The number of benzene rings is 1. The molecule has 0 saturated heterocycles. The number of likely N-dealkylation sites (N-methyl/N-ethyl adjacent to an activating group) is 2. The molecule has 0 spiro atoms. The van der Waals surface area contributed by atoms with E-state index in [0.29, 0.717) is 0 Å². The molecule has 0 amide bonds. The van der Waals surface area contributed by atoms with Crippen LogP contribution in [0.3, 0.4) is 0 Å². The Labute approximate surface area is 129 Å². The molecule has 0 aromatic heterocycles. The minimum Gasteiger partial charge on any atom is -0.384 e. The lowest BCUT2D eigenvalue weighted by Gasteiger charge is -2.49. The van der Waals surface area contributed by atoms with Gasteiger partial charge < -0.3 is 15.5 Å². The molecule has 2 rings (SSSR count). The molecule has 1 saturated carbocycles. The summed E-state index contributed by atoms with van der Waals surface area (Å²) in [5.41, 5.74) is 7.79. The molecule has 0 atom stereocenters. The van der Waals surface area contributed by atoms with Crippen LogP contribution in [0, 0.1) is 5.41 Å². The first-order valence-corrected chi connectivity index (χ1v) is 7.68. The highest BCUT2D eigenvalue weighted by molar-refractivity contribution is 9.10. The van der Waals surface area contributed by atoms with Gasteiger partial charge in [-0.15, -0.1) is 0 Å². The van der Waals surface area contributed by atoms with Crippen molar-refractivity contribution in [3.8, 4) is 0 Å². The number of halogens is 1. The molecule has 1 aromatic carbocycles. The Kier molecular flexibility index (Phi) is 4.39. The van der Waals surface area contributed by atoms with Crippen LogP contribution in [0.4, 0.5) is 5.69 Å². The number of hydrogen-bond acceptors (Lipinski definition) is 3. The molecule has 0 bridgehead atoms. The van der Waals surface area contributed by atoms with Crippen molar-refractivity contribution in [3.63, 3.8) is 0 Å². The number of hydrogen-bond donors (Lipinski definition) is 2. The van der Waals surface area contributed by atoms with Crippen molar-refractivity contribution in [1.29, 1.82) is 5.41 Å². The quantitative estimate of drug-likeness (QED) is 0.641. The van der Waals surface area contributed by atoms with Crippen LogP contribution < -0.4 is 10.6 Å². The van der Waals surface area contributed by atoms with Crippen LogP contribution in [0.1, 0.15) is 24.8 Å². The summed E-state index contributed by atoms with van der Waals surface area (Å²) in [5, 5.41) is 7.80. The zero-order valence-electron chi connectivity index (χ0n) is 12.4. The summed E-state index contributed by atoms with van der Waals surface area (Å²) in [5.74, 6) is 0.104. The first-order valence-electron chi connectivity index (χ1n) is 6.89. The van der Waals surface area contributed by atoms with Gasteiger partial charge in [-0.3, -0.25) is 5.41 Å². The number of nitrogen functional groups attached to an aromatic ring is 1. The number of nitrogens with one attached hydrogen (secondary N) is 1. The smallest absolute Gasteiger partial charge is 0.126 e. The second-order valence-electron chi connectivity index (χ2n) is 5.88. The summed E-state index contributed by atoms with van der Waals surface area (Å²) in [6.07, 6.45) is 3.76. The Morgan fingerprint density at radius 1 is 1.35 bits per heavy atom. The van der Waals surface area contributed by atoms with Gasteiger partial charge in [0.1, 0.15) is 5.84 Å². The molecule has 20 heavy (non-hydrogen) atoms. The Bertz CT molecular complexity index is 509. The molecular weight excluding hydrogens is 316 g/mol. The zero-order valence-corrected chi connectivity index (χ0v) is 14.0. The highest BCUT2D eigenvalue weighted by atomic mass is 79.9. The Balaban J connectivity index is 2.28. The lowest BCUT2D eigenvalue weighted by molar-refractivity contribution is 0.0683. The average Bonchev–Trinajstić information content (AvgIpc) is 2.32. The summed E-state index contributed by atoms with van der Waals surface area (Å²) in [6.45, 7) is 0.955. The fourth-order valence-electron chi connectivity index (χ4n) is 2.96. The Hall–Kier alpha value is -1.07. The molecule has 1 aliphatic rings. The number of amidine groups is 1. The molecule has 1 aliphatic carbocycles. The van der Waals surface area contributed by atoms with Crippen molar-refractivity contribution in [2.45, 2.75) is 24.8 Å². The van der Waals surface area contributed by atoms with Crippen LogP contribution in [0.2, 0.25) is 0 Å². The maximum absolute atomic E-state index is 7.80. The van der Waals surface area contributed by atoms with Gasteiger partial charge in [0.15, 0.2) is 0 Å². The van der Waals surface area contributed by atoms with Crippen LogP contribution in [0.5, 0.6) is 0 Å². The number of nitrogens with two attached hydrogens (primary N) is 1. The maximum atomic E-state index is 7.80. The Morgan fingerprint density at radius 2 is 2.00 bits per heavy atom. The zero-order chi connectivity index (χ0) is 14.9. The largest absolute Gasteiger partial charge is 0.384 e. The molecule has 1 aromatic rings. The third kappa shape index (κ3) is 2.69. The molecule has 3 N–H and O–H groups in total. The van der Waals surface area contributed by atoms with Crippen molar-refractivity contribution in [2.75, 3.05) is 32.6 Å². The molecule has 110 valence electrons. The number of nitrogens with zero attached hydrogens (tertiary/aromatic N) is 2. The molecule has 0 radical (unpaired) electrons. The summed E-state index contributed by atoms with van der Waals surface area (Å²) >= 11 is 3.50. The standard InChI is InChI=1S/C15H23BrN4/c1-19(2)15(8-5-9-15)10-20(3)12-7-4-6-11(16)13(12)14(17)18/h4,6-7H,5,8-10H2,1-3H3,(H3,17,18). The fourth-order valence-corrected chi connectivity index (χ4v) is 3.53. The first kappa shape index (κ1) is 15.3. The van der Waals surface area contributed by atoms with Crippen LogP contribution in [-0.4, -0.2) is 44.0 Å². The van der Waals surface area contributed by atoms with E-state index < -0.39 is 0 Å². The molecular formula is C15H23BrN4. The monoisotopic (exact) mass is 338 g/mol. The predicted octanol–water partition coefficient (Wildman–Crippen LogP) is 2.65. The molecule has 5 heteroatoms. The summed E-state index contributed by atoms with van der Waals surface area (Å²) in [7, 11) is 6.39. The summed E-state index contributed by atoms with van der Waals surface area (Å²) < 4.78 is 0.877. The number of anilines is 1. The van der Waals surface area contributed by atoms with E-state index in [0.717, 1.165) is 22.3 Å². The Morgan fingerprint density at radius 3 is 2.45 bits per heavy atom. The van der Waals surface area contributed by atoms with Gasteiger partial charge in [0.25, 0.3) is 0 Å². The third-order valence-electron chi connectivity index (χ3n) is 4.44. The van der Waals surface area contributed by atoms with Gasteiger partial charge in [-0.2, -0.15) is 0 Å². The molecule has 1 fully saturated rings. The van der Waals surface area contributed by atoms with E-state index in [-0.39, 0.29) is 11.4 Å². The van der Waals surface area contributed by atoms with E-state index in [9.17, 15) is 0 Å². The van der Waals surface area contributed by atoms with Gasteiger partial charge in [0.05, 0.1) is 5.56 Å². The molecule has 0 heterocycles. The second-order valence-corrected chi connectivity index (χ2v) is 6.73. The van der Waals surface area contributed by atoms with Crippen molar-refractivity contribution in [1.82, 2.24) is 4.90 Å². The van der Waals surface area contributed by atoms with E-state index in [2.05, 4.69) is 46.9 Å². The van der Waals surface area contributed by atoms with Crippen molar-refractivity contribution >= 4 is 27.5 Å². The van der Waals surface area contributed by atoms with Gasteiger partial charge in [-0.25, -0.2) is 0 Å². The van der Waals surface area contributed by atoms with E-state index in [1.165, 1.54) is 19.3 Å². The van der Waals surface area contributed by atoms with Gasteiger partial charge in [-0.05, 0) is 61.4 Å². The number of rotatable bonds is 5.